The van der Waals surface area contributed by atoms with E-state index in [-0.39, 0.29) is 24.1 Å². The van der Waals surface area contributed by atoms with Crippen molar-refractivity contribution in [2.75, 3.05) is 6.61 Å². The molecule has 0 aliphatic carbocycles. The summed E-state index contributed by atoms with van der Waals surface area (Å²) in [7, 11) is 0. The topological polar surface area (TPSA) is 49.3 Å². The molecule has 0 bridgehead atoms. The summed E-state index contributed by atoms with van der Waals surface area (Å²) in [6, 6.07) is 4.30. The van der Waals surface area contributed by atoms with Crippen LogP contribution in [0.4, 0.5) is 4.39 Å². The van der Waals surface area contributed by atoms with Crippen molar-refractivity contribution in [3.8, 4) is 0 Å². The number of rotatable bonds is 5. The maximum Gasteiger partial charge on any atom is 0.254 e. The first-order chi connectivity index (χ1) is 8.45. The van der Waals surface area contributed by atoms with Crippen LogP contribution in [0.3, 0.4) is 0 Å². The average molecular weight is 253 g/mol. The van der Waals surface area contributed by atoms with Gasteiger partial charge in [0, 0.05) is 12.6 Å². The molecule has 0 heterocycles. The number of hydrogen-bond acceptors (Lipinski definition) is 2. The Morgan fingerprint density at radius 2 is 2.11 bits per heavy atom. The Hall–Kier alpha value is -1.42. The molecule has 100 valence electrons. The summed E-state index contributed by atoms with van der Waals surface area (Å²) in [5, 5.41) is 11.7. The molecule has 0 saturated carbocycles. The number of halogens is 1. The number of carbonyl (C=O) groups excluding carboxylic acids is 1. The van der Waals surface area contributed by atoms with Crippen LogP contribution in [0.5, 0.6) is 0 Å². The van der Waals surface area contributed by atoms with Gasteiger partial charge in [-0.15, -0.1) is 0 Å². The third kappa shape index (κ3) is 3.81. The highest BCUT2D eigenvalue weighted by Gasteiger charge is 2.18. The van der Waals surface area contributed by atoms with E-state index in [0.717, 1.165) is 5.56 Å². The van der Waals surface area contributed by atoms with E-state index in [9.17, 15) is 9.18 Å². The molecule has 1 aromatic carbocycles. The van der Waals surface area contributed by atoms with E-state index >= 15 is 0 Å². The Labute approximate surface area is 107 Å². The second-order valence-electron chi connectivity index (χ2n) is 4.82. The van der Waals surface area contributed by atoms with Crippen LogP contribution >= 0.6 is 0 Å². The zero-order chi connectivity index (χ0) is 13.7. The van der Waals surface area contributed by atoms with Gasteiger partial charge in [0.1, 0.15) is 5.82 Å². The van der Waals surface area contributed by atoms with Crippen molar-refractivity contribution < 1.29 is 14.3 Å². The van der Waals surface area contributed by atoms with Crippen LogP contribution in [0.25, 0.3) is 0 Å². The molecule has 1 amide bonds. The molecule has 0 radical (unpaired) electrons. The monoisotopic (exact) mass is 253 g/mol. The molecular weight excluding hydrogens is 233 g/mol. The number of benzene rings is 1. The van der Waals surface area contributed by atoms with E-state index in [1.165, 1.54) is 12.1 Å². The molecule has 0 saturated heterocycles. The molecule has 1 aromatic rings. The first kappa shape index (κ1) is 14.6. The summed E-state index contributed by atoms with van der Waals surface area (Å²) in [5.74, 6) is -0.762. The second-order valence-corrected chi connectivity index (χ2v) is 4.82. The van der Waals surface area contributed by atoms with E-state index in [4.69, 9.17) is 5.11 Å². The van der Waals surface area contributed by atoms with Gasteiger partial charge in [0.2, 0.25) is 0 Å². The number of aliphatic hydroxyl groups is 1. The third-order valence-electron chi connectivity index (χ3n) is 2.93. The quantitative estimate of drug-likeness (QED) is 0.845. The fraction of sp³-hybridized carbons (Fsp3) is 0.500. The molecule has 0 spiro atoms. The van der Waals surface area contributed by atoms with E-state index in [0.29, 0.717) is 6.42 Å². The highest BCUT2D eigenvalue weighted by molar-refractivity contribution is 5.94. The summed E-state index contributed by atoms with van der Waals surface area (Å²) in [5.41, 5.74) is 0.892. The smallest absolute Gasteiger partial charge is 0.254 e. The average Bonchev–Trinajstić information content (AvgIpc) is 2.31. The molecule has 18 heavy (non-hydrogen) atoms. The van der Waals surface area contributed by atoms with E-state index in [1.54, 1.807) is 6.07 Å². The molecule has 1 unspecified atom stereocenters. The van der Waals surface area contributed by atoms with Gasteiger partial charge in [0.05, 0.1) is 5.56 Å². The summed E-state index contributed by atoms with van der Waals surface area (Å²) in [6.45, 7) is 5.71. The van der Waals surface area contributed by atoms with Gasteiger partial charge < -0.3 is 10.4 Å². The van der Waals surface area contributed by atoms with E-state index < -0.39 is 11.7 Å². The van der Waals surface area contributed by atoms with Crippen molar-refractivity contribution >= 4 is 5.91 Å². The highest BCUT2D eigenvalue weighted by Crippen LogP contribution is 2.12. The molecule has 0 fully saturated rings. The summed E-state index contributed by atoms with van der Waals surface area (Å²) in [4.78, 5) is 12.0. The molecule has 3 nitrogen and oxygen atoms in total. The first-order valence-electron chi connectivity index (χ1n) is 6.13. The van der Waals surface area contributed by atoms with Crippen LogP contribution in [-0.4, -0.2) is 23.7 Å². The fourth-order valence-corrected chi connectivity index (χ4v) is 1.77. The summed E-state index contributed by atoms with van der Waals surface area (Å²) in [6.07, 6.45) is 0.469. The maximum atomic E-state index is 13.5. The number of nitrogens with one attached hydrogen (secondary N) is 1. The number of aryl methyl sites for hydroxylation is 1. The summed E-state index contributed by atoms with van der Waals surface area (Å²) >= 11 is 0. The van der Waals surface area contributed by atoms with Crippen molar-refractivity contribution in [3.05, 3.63) is 35.1 Å². The Kier molecular flexibility index (Phi) is 5.28. The standard InChI is InChI=1S/C14H20FNO2/c1-9(2)13(6-7-17)16-14(18)11-8-10(3)4-5-12(11)15/h4-5,8-9,13,17H,6-7H2,1-3H3,(H,16,18). The van der Waals surface area contributed by atoms with Gasteiger partial charge in [0.15, 0.2) is 0 Å². The second kappa shape index (κ2) is 6.50. The van der Waals surface area contributed by atoms with E-state index in [1.807, 2.05) is 20.8 Å². The van der Waals surface area contributed by atoms with Crippen molar-refractivity contribution in [2.24, 2.45) is 5.92 Å². The lowest BCUT2D eigenvalue weighted by atomic mass is 10.0. The van der Waals surface area contributed by atoms with Crippen LogP contribution in [-0.2, 0) is 0 Å². The van der Waals surface area contributed by atoms with Crippen molar-refractivity contribution in [3.63, 3.8) is 0 Å². The largest absolute Gasteiger partial charge is 0.396 e. The van der Waals surface area contributed by atoms with Gasteiger partial charge in [-0.25, -0.2) is 4.39 Å². The van der Waals surface area contributed by atoms with Crippen molar-refractivity contribution in [1.29, 1.82) is 0 Å². The molecule has 0 aliphatic rings. The number of aliphatic hydroxyl groups excluding tert-OH is 1. The van der Waals surface area contributed by atoms with Crippen LogP contribution < -0.4 is 5.32 Å². The zero-order valence-corrected chi connectivity index (χ0v) is 11.0. The Bertz CT molecular complexity index is 418. The van der Waals surface area contributed by atoms with Gasteiger partial charge in [-0.2, -0.15) is 0 Å². The summed E-state index contributed by atoms with van der Waals surface area (Å²) < 4.78 is 13.5. The van der Waals surface area contributed by atoms with Crippen LogP contribution in [0.1, 0.15) is 36.2 Å². The lowest BCUT2D eigenvalue weighted by Crippen LogP contribution is -2.39. The molecule has 1 atom stereocenters. The number of amides is 1. The van der Waals surface area contributed by atoms with Gasteiger partial charge in [-0.3, -0.25) is 4.79 Å². The molecule has 0 aromatic heterocycles. The number of carbonyl (C=O) groups is 1. The minimum absolute atomic E-state index is 0.000569. The lowest BCUT2D eigenvalue weighted by Gasteiger charge is -2.21. The Morgan fingerprint density at radius 1 is 1.44 bits per heavy atom. The molecule has 2 N–H and O–H groups in total. The molecule has 4 heteroatoms. The van der Waals surface area contributed by atoms with Crippen LogP contribution in [0.15, 0.2) is 18.2 Å². The van der Waals surface area contributed by atoms with Crippen molar-refractivity contribution in [2.45, 2.75) is 33.2 Å². The van der Waals surface area contributed by atoms with Crippen LogP contribution in [0, 0.1) is 18.7 Å². The SMILES string of the molecule is Cc1ccc(F)c(C(=O)NC(CCO)C(C)C)c1. The minimum Gasteiger partial charge on any atom is -0.396 e. The predicted molar refractivity (Wildman–Crippen MR) is 68.9 cm³/mol. The lowest BCUT2D eigenvalue weighted by molar-refractivity contribution is 0.0912. The first-order valence-corrected chi connectivity index (χ1v) is 6.13. The van der Waals surface area contributed by atoms with Crippen LogP contribution in [0.2, 0.25) is 0 Å². The Morgan fingerprint density at radius 3 is 2.67 bits per heavy atom. The molecular formula is C14H20FNO2. The number of hydrogen-bond donors (Lipinski definition) is 2. The molecule has 1 rings (SSSR count). The fourth-order valence-electron chi connectivity index (χ4n) is 1.77. The van der Waals surface area contributed by atoms with Gasteiger partial charge in [0.25, 0.3) is 5.91 Å². The molecule has 0 aliphatic heterocycles. The minimum atomic E-state index is -0.524. The van der Waals surface area contributed by atoms with E-state index in [2.05, 4.69) is 5.32 Å². The zero-order valence-electron chi connectivity index (χ0n) is 11.0. The predicted octanol–water partition coefficient (Wildman–Crippen LogP) is 2.27. The van der Waals surface area contributed by atoms with Gasteiger partial charge >= 0.3 is 0 Å². The van der Waals surface area contributed by atoms with Crippen molar-refractivity contribution in [1.82, 2.24) is 5.32 Å². The Balaban J connectivity index is 2.83. The normalized spacial score (nSPS) is 12.6. The van der Waals surface area contributed by atoms with Gasteiger partial charge in [-0.05, 0) is 31.4 Å². The highest BCUT2D eigenvalue weighted by atomic mass is 19.1. The van der Waals surface area contributed by atoms with Gasteiger partial charge in [-0.1, -0.05) is 25.5 Å². The third-order valence-corrected chi connectivity index (χ3v) is 2.93. The maximum absolute atomic E-state index is 13.5.